The predicted molar refractivity (Wildman–Crippen MR) is 78.9 cm³/mol. The molecule has 0 fully saturated rings. The third-order valence-corrected chi connectivity index (χ3v) is 3.88. The quantitative estimate of drug-likeness (QED) is 0.692. The number of nitrogens with zero attached hydrogens (tertiary/aromatic N) is 2. The number of aryl methyl sites for hydroxylation is 2. The number of nitrogens with two attached hydrogens (primary N) is 1. The smallest absolute Gasteiger partial charge is 0.338 e. The molecule has 2 rings (SSSR count). The lowest BCUT2D eigenvalue weighted by atomic mass is 10.2. The summed E-state index contributed by atoms with van der Waals surface area (Å²) in [6.07, 6.45) is 0. The van der Waals surface area contributed by atoms with Gasteiger partial charge in [0, 0.05) is 17.6 Å². The molecule has 0 bridgehead atoms. The van der Waals surface area contributed by atoms with Gasteiger partial charge in [-0.25, -0.2) is 4.79 Å². The van der Waals surface area contributed by atoms with E-state index < -0.39 is 0 Å². The molecule has 0 aliphatic carbocycles. The van der Waals surface area contributed by atoms with E-state index in [1.165, 1.54) is 11.8 Å². The van der Waals surface area contributed by atoms with E-state index in [1.807, 2.05) is 26.1 Å². The third-order valence-electron chi connectivity index (χ3n) is 2.69. The summed E-state index contributed by atoms with van der Waals surface area (Å²) in [5.74, 6) is -0.355. The number of hydrogen-bond donors (Lipinski definition) is 1. The zero-order chi connectivity index (χ0) is 14.7. The van der Waals surface area contributed by atoms with E-state index in [0.29, 0.717) is 17.9 Å². The number of ether oxygens (including phenoxy) is 1. The first-order valence-electron chi connectivity index (χ1n) is 6.26. The summed E-state index contributed by atoms with van der Waals surface area (Å²) in [5.41, 5.74) is 7.98. The first-order valence-corrected chi connectivity index (χ1v) is 7.08. The Labute approximate surface area is 122 Å². The maximum absolute atomic E-state index is 11.6. The third kappa shape index (κ3) is 3.14. The van der Waals surface area contributed by atoms with Crippen LogP contribution in [0.15, 0.2) is 34.2 Å². The van der Waals surface area contributed by atoms with Gasteiger partial charge in [0.15, 0.2) is 0 Å². The van der Waals surface area contributed by atoms with Crippen LogP contribution < -0.4 is 5.73 Å². The van der Waals surface area contributed by atoms with E-state index in [2.05, 4.69) is 5.10 Å². The lowest BCUT2D eigenvalue weighted by Gasteiger charge is -2.08. The molecular weight excluding hydrogens is 274 g/mol. The van der Waals surface area contributed by atoms with Crippen LogP contribution in [0.2, 0.25) is 0 Å². The molecule has 20 heavy (non-hydrogen) atoms. The van der Waals surface area contributed by atoms with Crippen molar-refractivity contribution in [3.05, 3.63) is 35.5 Å². The highest BCUT2D eigenvalue weighted by Crippen LogP contribution is 2.32. The fraction of sp³-hybridized carbons (Fsp3) is 0.286. The number of rotatable bonds is 4. The lowest BCUT2D eigenvalue weighted by molar-refractivity contribution is 0.0526. The van der Waals surface area contributed by atoms with E-state index in [1.54, 1.807) is 23.7 Å². The van der Waals surface area contributed by atoms with Gasteiger partial charge in [-0.05, 0) is 38.1 Å². The van der Waals surface area contributed by atoms with Crippen LogP contribution in [0.1, 0.15) is 23.0 Å². The van der Waals surface area contributed by atoms with Crippen molar-refractivity contribution in [3.63, 3.8) is 0 Å². The Hall–Kier alpha value is -1.95. The number of anilines is 1. The highest BCUT2D eigenvalue weighted by molar-refractivity contribution is 7.99. The molecule has 5 nitrogen and oxygen atoms in total. The minimum Gasteiger partial charge on any atom is -0.462 e. The number of esters is 1. The molecule has 0 saturated heterocycles. The van der Waals surface area contributed by atoms with Crippen molar-refractivity contribution in [1.82, 2.24) is 9.78 Å². The molecule has 0 aliphatic heterocycles. The van der Waals surface area contributed by atoms with E-state index in [-0.39, 0.29) is 5.97 Å². The zero-order valence-electron chi connectivity index (χ0n) is 11.7. The van der Waals surface area contributed by atoms with Crippen LogP contribution in [-0.2, 0) is 11.8 Å². The Morgan fingerprint density at radius 1 is 1.45 bits per heavy atom. The average Bonchev–Trinajstić information content (AvgIpc) is 2.70. The van der Waals surface area contributed by atoms with Gasteiger partial charge in [0.1, 0.15) is 0 Å². The topological polar surface area (TPSA) is 70.1 Å². The van der Waals surface area contributed by atoms with Gasteiger partial charge in [-0.1, -0.05) is 11.8 Å². The van der Waals surface area contributed by atoms with Gasteiger partial charge in [-0.3, -0.25) is 4.68 Å². The molecule has 0 spiro atoms. The largest absolute Gasteiger partial charge is 0.462 e. The Kier molecular flexibility index (Phi) is 4.34. The van der Waals surface area contributed by atoms with Crippen LogP contribution in [0, 0.1) is 6.92 Å². The molecule has 106 valence electrons. The van der Waals surface area contributed by atoms with Crippen molar-refractivity contribution in [2.24, 2.45) is 7.05 Å². The molecular formula is C14H17N3O2S. The van der Waals surface area contributed by atoms with Crippen LogP contribution >= 0.6 is 11.8 Å². The monoisotopic (exact) mass is 291 g/mol. The van der Waals surface area contributed by atoms with Gasteiger partial charge in [0.25, 0.3) is 0 Å². The van der Waals surface area contributed by atoms with Crippen molar-refractivity contribution in [2.45, 2.75) is 23.8 Å². The van der Waals surface area contributed by atoms with Crippen molar-refractivity contribution >= 4 is 23.4 Å². The van der Waals surface area contributed by atoms with Gasteiger partial charge in [0.05, 0.1) is 22.9 Å². The second-order valence-electron chi connectivity index (χ2n) is 4.32. The number of benzene rings is 1. The van der Waals surface area contributed by atoms with E-state index in [9.17, 15) is 4.79 Å². The standard InChI is InChI=1S/C14H17N3O2S/c1-4-19-14(18)10-5-6-12(11(15)8-10)20-13-7-9(2)16-17(13)3/h5-8H,4,15H2,1-3H3. The fourth-order valence-electron chi connectivity index (χ4n) is 1.78. The van der Waals surface area contributed by atoms with Crippen molar-refractivity contribution in [3.8, 4) is 0 Å². The maximum atomic E-state index is 11.6. The average molecular weight is 291 g/mol. The molecule has 0 saturated carbocycles. The summed E-state index contributed by atoms with van der Waals surface area (Å²) in [7, 11) is 1.89. The molecule has 0 amide bonds. The second kappa shape index (κ2) is 6.00. The van der Waals surface area contributed by atoms with Gasteiger partial charge in [-0.2, -0.15) is 5.10 Å². The molecule has 2 N–H and O–H groups in total. The maximum Gasteiger partial charge on any atom is 0.338 e. The highest BCUT2D eigenvalue weighted by Gasteiger charge is 2.11. The highest BCUT2D eigenvalue weighted by atomic mass is 32.2. The summed E-state index contributed by atoms with van der Waals surface area (Å²) in [5, 5.41) is 5.29. The molecule has 0 unspecified atom stereocenters. The summed E-state index contributed by atoms with van der Waals surface area (Å²) >= 11 is 1.52. The number of carbonyl (C=O) groups excluding carboxylic acids is 1. The molecule has 0 atom stereocenters. The van der Waals surface area contributed by atoms with Crippen LogP contribution in [0.3, 0.4) is 0 Å². The van der Waals surface area contributed by atoms with Crippen molar-refractivity contribution in [2.75, 3.05) is 12.3 Å². The predicted octanol–water partition coefficient (Wildman–Crippen LogP) is 2.64. The molecule has 0 radical (unpaired) electrons. The molecule has 1 heterocycles. The van der Waals surface area contributed by atoms with Crippen molar-refractivity contribution in [1.29, 1.82) is 0 Å². The van der Waals surface area contributed by atoms with E-state index in [0.717, 1.165) is 15.6 Å². The Bertz CT molecular complexity index is 637. The van der Waals surface area contributed by atoms with Crippen LogP contribution in [-0.4, -0.2) is 22.4 Å². The fourth-order valence-corrected chi connectivity index (χ4v) is 2.72. The van der Waals surface area contributed by atoms with Gasteiger partial charge in [0.2, 0.25) is 0 Å². The van der Waals surface area contributed by atoms with Crippen molar-refractivity contribution < 1.29 is 9.53 Å². The first kappa shape index (κ1) is 14.5. The Morgan fingerprint density at radius 3 is 2.75 bits per heavy atom. The number of carbonyl (C=O) groups is 1. The zero-order valence-corrected chi connectivity index (χ0v) is 12.5. The van der Waals surface area contributed by atoms with Gasteiger partial charge < -0.3 is 10.5 Å². The molecule has 2 aromatic rings. The minimum atomic E-state index is -0.355. The SMILES string of the molecule is CCOC(=O)c1ccc(Sc2cc(C)nn2C)c(N)c1. The van der Waals surface area contributed by atoms with E-state index in [4.69, 9.17) is 10.5 Å². The second-order valence-corrected chi connectivity index (χ2v) is 5.38. The number of nitrogen functional groups attached to an aromatic ring is 1. The first-order chi connectivity index (χ1) is 9.51. The van der Waals surface area contributed by atoms with Gasteiger partial charge in [-0.15, -0.1) is 0 Å². The number of aromatic nitrogens is 2. The Morgan fingerprint density at radius 2 is 2.20 bits per heavy atom. The Balaban J connectivity index is 2.22. The summed E-state index contributed by atoms with van der Waals surface area (Å²) in [6.45, 7) is 4.07. The normalized spacial score (nSPS) is 10.6. The summed E-state index contributed by atoms with van der Waals surface area (Å²) in [4.78, 5) is 12.5. The number of hydrogen-bond acceptors (Lipinski definition) is 5. The van der Waals surface area contributed by atoms with E-state index >= 15 is 0 Å². The molecule has 0 aliphatic rings. The van der Waals surface area contributed by atoms with Crippen LogP contribution in [0.4, 0.5) is 5.69 Å². The van der Waals surface area contributed by atoms with Crippen LogP contribution in [0.5, 0.6) is 0 Å². The molecule has 1 aromatic carbocycles. The van der Waals surface area contributed by atoms with Crippen LogP contribution in [0.25, 0.3) is 0 Å². The van der Waals surface area contributed by atoms with Gasteiger partial charge >= 0.3 is 5.97 Å². The summed E-state index contributed by atoms with van der Waals surface area (Å²) < 4.78 is 6.75. The summed E-state index contributed by atoms with van der Waals surface area (Å²) in [6, 6.07) is 7.18. The molecule has 1 aromatic heterocycles. The minimum absolute atomic E-state index is 0.351. The lowest BCUT2D eigenvalue weighted by Crippen LogP contribution is -2.05. The molecule has 6 heteroatoms.